The molecule has 7 N–H and O–H groups in total. The van der Waals surface area contributed by atoms with Crippen LogP contribution in [0.3, 0.4) is 0 Å². The molecule has 15 heteroatoms. The lowest BCUT2D eigenvalue weighted by molar-refractivity contribution is -0.242. The smallest absolute Gasteiger partial charge is 0.407 e. The van der Waals surface area contributed by atoms with Gasteiger partial charge >= 0.3 is 6.09 Å². The van der Waals surface area contributed by atoms with Crippen LogP contribution in [-0.4, -0.2) is 93.4 Å². The third-order valence-corrected chi connectivity index (χ3v) is 11.5. The van der Waals surface area contributed by atoms with Crippen LogP contribution in [0.15, 0.2) is 65.5 Å². The van der Waals surface area contributed by atoms with E-state index < -0.39 is 35.7 Å². The molecular weight excluding hydrogens is 791 g/mol. The van der Waals surface area contributed by atoms with Gasteiger partial charge in [-0.25, -0.2) is 4.79 Å². The van der Waals surface area contributed by atoms with Gasteiger partial charge in [-0.3, -0.25) is 34.3 Å². The van der Waals surface area contributed by atoms with Crippen LogP contribution in [-0.2, 0) is 25.5 Å². The molecule has 2 unspecified atom stereocenters. The highest BCUT2D eigenvalue weighted by Gasteiger charge is 2.31. The Kier molecular flexibility index (Phi) is 14.6. The van der Waals surface area contributed by atoms with E-state index in [1.54, 1.807) is 18.2 Å². The molecule has 334 valence electrons. The predicted octanol–water partition coefficient (Wildman–Crippen LogP) is 6.11. The van der Waals surface area contributed by atoms with E-state index in [1.807, 2.05) is 95.8 Å². The number of hydrogen-bond donors (Lipinski definition) is 7. The molecule has 2 atom stereocenters. The molecule has 0 radical (unpaired) electrons. The zero-order chi connectivity index (χ0) is 44.8. The summed E-state index contributed by atoms with van der Waals surface area (Å²) in [5.74, 6) is -0.783. The monoisotopic (exact) mass is 853 g/mol. The van der Waals surface area contributed by atoms with Gasteiger partial charge in [0, 0.05) is 49.3 Å². The number of carbonyl (C=O) groups is 4. The van der Waals surface area contributed by atoms with Gasteiger partial charge in [0.1, 0.15) is 11.6 Å². The lowest BCUT2D eigenvalue weighted by atomic mass is 9.81. The van der Waals surface area contributed by atoms with Crippen molar-refractivity contribution >= 4 is 40.4 Å². The Bertz CT molecular complexity index is 2260. The van der Waals surface area contributed by atoms with E-state index in [0.717, 1.165) is 35.1 Å². The van der Waals surface area contributed by atoms with Gasteiger partial charge in [-0.2, -0.15) is 0 Å². The average Bonchev–Trinajstić information content (AvgIpc) is 3.58. The van der Waals surface area contributed by atoms with Gasteiger partial charge in [-0.05, 0) is 145 Å². The van der Waals surface area contributed by atoms with Gasteiger partial charge in [0.05, 0.1) is 16.5 Å². The SMILES string of the molecule is Cc1cc(C(=O)NC2CCN(C(O)OC(C)(C)C)CC2)ccc1-c1ccc(CC(NC(=O)C2CCC(CNC(=O)OC(C)(C)C)CC2)C(=O)Nc2ccc3c(=O)[nH][nH]c3c2)cc1. The molecule has 1 aromatic heterocycles. The number of piperidine rings is 1. The van der Waals surface area contributed by atoms with E-state index in [4.69, 9.17) is 9.47 Å². The van der Waals surface area contributed by atoms with Crippen LogP contribution < -0.4 is 26.8 Å². The number of ether oxygens (including phenoxy) is 2. The zero-order valence-corrected chi connectivity index (χ0v) is 37.0. The number of carbonyl (C=O) groups excluding carboxylic acids is 4. The Morgan fingerprint density at radius 3 is 2.19 bits per heavy atom. The zero-order valence-electron chi connectivity index (χ0n) is 37.0. The Labute approximate surface area is 363 Å². The molecule has 1 saturated heterocycles. The molecule has 3 aromatic carbocycles. The molecule has 4 amide bonds. The maximum absolute atomic E-state index is 13.9. The standard InChI is InChI=1S/C47H63N7O8/c1-28-24-33(41(56)49-34-20-22-54(23-21-34)45(60)62-47(5,6)7)16-18-36(28)31-12-8-29(9-13-31)25-39(43(58)50-35-17-19-37-38(26-35)52-53-42(37)57)51-40(55)32-14-10-30(11-15-32)27-48-44(59)61-46(2,3)4/h8-9,12-13,16-19,24,26,30,32,34,39,45,60H,10-11,14-15,20-23,25,27H2,1-7H3,(H,48,59)(H,49,56)(H,50,58)(H,51,55)(H2,52,53,57). The van der Waals surface area contributed by atoms with Crippen molar-refractivity contribution in [2.24, 2.45) is 11.8 Å². The van der Waals surface area contributed by atoms with Gasteiger partial charge in [0.15, 0.2) is 0 Å². The summed E-state index contributed by atoms with van der Waals surface area (Å²) >= 11 is 0. The van der Waals surface area contributed by atoms with E-state index in [1.165, 1.54) is 0 Å². The van der Waals surface area contributed by atoms with Crippen molar-refractivity contribution in [1.82, 2.24) is 31.0 Å². The van der Waals surface area contributed by atoms with Crippen LogP contribution in [0.25, 0.3) is 22.0 Å². The summed E-state index contributed by atoms with van der Waals surface area (Å²) in [5.41, 5.74) is 3.97. The van der Waals surface area contributed by atoms with Crippen LogP contribution in [0.1, 0.15) is 102 Å². The van der Waals surface area contributed by atoms with E-state index in [0.29, 0.717) is 67.5 Å². The lowest BCUT2D eigenvalue weighted by Crippen LogP contribution is -2.50. The molecule has 2 aliphatic rings. The topological polar surface area (TPSA) is 207 Å². The highest BCUT2D eigenvalue weighted by Crippen LogP contribution is 2.30. The highest BCUT2D eigenvalue weighted by molar-refractivity contribution is 5.99. The Morgan fingerprint density at radius 1 is 0.855 bits per heavy atom. The van der Waals surface area contributed by atoms with Crippen molar-refractivity contribution in [1.29, 1.82) is 0 Å². The van der Waals surface area contributed by atoms with Crippen molar-refractivity contribution in [2.75, 3.05) is 25.0 Å². The van der Waals surface area contributed by atoms with Crippen LogP contribution in [0.2, 0.25) is 0 Å². The van der Waals surface area contributed by atoms with Crippen LogP contribution in [0, 0.1) is 18.8 Å². The fourth-order valence-corrected chi connectivity index (χ4v) is 8.12. The van der Waals surface area contributed by atoms with Crippen LogP contribution >= 0.6 is 0 Å². The maximum atomic E-state index is 13.9. The minimum Gasteiger partial charge on any atom is -0.444 e. The molecule has 2 fully saturated rings. The average molecular weight is 854 g/mol. The number of H-pyrrole nitrogens is 2. The Hall–Kier alpha value is -5.51. The number of benzene rings is 3. The summed E-state index contributed by atoms with van der Waals surface area (Å²) in [6.07, 6.45) is 2.98. The largest absolute Gasteiger partial charge is 0.444 e. The quantitative estimate of drug-likeness (QED) is 0.0774. The van der Waals surface area contributed by atoms with Crippen molar-refractivity contribution in [2.45, 2.75) is 123 Å². The second-order valence-electron chi connectivity index (χ2n) is 18.8. The number of nitrogens with one attached hydrogen (secondary N) is 6. The lowest BCUT2D eigenvalue weighted by Gasteiger charge is -2.37. The molecule has 1 saturated carbocycles. The minimum atomic E-state index is -0.978. The number of likely N-dealkylation sites (tertiary alicyclic amines) is 1. The number of alkyl carbamates (subject to hydrolysis) is 1. The number of nitrogens with zero attached hydrogens (tertiary/aromatic N) is 1. The molecule has 6 rings (SSSR count). The minimum absolute atomic E-state index is 0.00740. The fraction of sp³-hybridized carbons (Fsp3) is 0.511. The summed E-state index contributed by atoms with van der Waals surface area (Å²) in [6, 6.07) is 17.5. The molecule has 1 aliphatic heterocycles. The van der Waals surface area contributed by atoms with Crippen LogP contribution in [0.4, 0.5) is 10.5 Å². The molecule has 0 spiro atoms. The summed E-state index contributed by atoms with van der Waals surface area (Å²) in [7, 11) is 0. The van der Waals surface area contributed by atoms with E-state index in [-0.39, 0.29) is 41.7 Å². The second kappa shape index (κ2) is 19.7. The van der Waals surface area contributed by atoms with E-state index in [9.17, 15) is 29.1 Å². The number of rotatable bonds is 13. The van der Waals surface area contributed by atoms with Crippen molar-refractivity contribution in [3.63, 3.8) is 0 Å². The number of aromatic nitrogens is 2. The summed E-state index contributed by atoms with van der Waals surface area (Å²) in [5, 5.41) is 28.2. The van der Waals surface area contributed by atoms with Crippen molar-refractivity contribution in [3.05, 3.63) is 87.7 Å². The van der Waals surface area contributed by atoms with Crippen molar-refractivity contribution < 1.29 is 33.8 Å². The predicted molar refractivity (Wildman–Crippen MR) is 238 cm³/mol. The van der Waals surface area contributed by atoms with Gasteiger partial charge < -0.3 is 35.8 Å². The summed E-state index contributed by atoms with van der Waals surface area (Å²) < 4.78 is 11.0. The van der Waals surface area contributed by atoms with E-state index in [2.05, 4.69) is 31.5 Å². The first-order valence-electron chi connectivity index (χ1n) is 21.7. The highest BCUT2D eigenvalue weighted by atomic mass is 16.6. The number of aryl methyl sites for hydroxylation is 1. The number of fused-ring (bicyclic) bond motifs is 1. The van der Waals surface area contributed by atoms with Crippen LogP contribution in [0.5, 0.6) is 0 Å². The molecule has 2 heterocycles. The molecule has 4 aromatic rings. The normalized spacial score (nSPS) is 18.7. The summed E-state index contributed by atoms with van der Waals surface area (Å²) in [6.45, 7) is 14.8. The molecule has 0 bridgehead atoms. The Morgan fingerprint density at radius 2 is 1.55 bits per heavy atom. The third kappa shape index (κ3) is 12.8. The second-order valence-corrected chi connectivity index (χ2v) is 18.8. The first-order valence-corrected chi connectivity index (χ1v) is 21.7. The molecular formula is C47H63N7O8. The first-order chi connectivity index (χ1) is 29.3. The third-order valence-electron chi connectivity index (χ3n) is 11.5. The molecule has 1 aliphatic carbocycles. The number of aliphatic hydroxyl groups is 1. The van der Waals surface area contributed by atoms with Gasteiger partial charge in [0.2, 0.25) is 18.2 Å². The van der Waals surface area contributed by atoms with Gasteiger partial charge in [-0.1, -0.05) is 30.3 Å². The number of amides is 4. The summed E-state index contributed by atoms with van der Waals surface area (Å²) in [4.78, 5) is 67.0. The number of anilines is 1. The molecule has 62 heavy (non-hydrogen) atoms. The first kappa shape index (κ1) is 46.0. The Balaban J connectivity index is 1.07. The number of aliphatic hydroxyl groups excluding tert-OH is 1. The fourth-order valence-electron chi connectivity index (χ4n) is 8.12. The number of aromatic amines is 2. The van der Waals surface area contributed by atoms with Crippen molar-refractivity contribution in [3.8, 4) is 11.1 Å². The number of hydrogen-bond acceptors (Lipinski definition) is 9. The van der Waals surface area contributed by atoms with E-state index >= 15 is 0 Å². The van der Waals surface area contributed by atoms with Gasteiger partial charge in [-0.15, -0.1) is 0 Å². The van der Waals surface area contributed by atoms with Gasteiger partial charge in [0.25, 0.3) is 11.5 Å². The molecule has 15 nitrogen and oxygen atoms in total. The maximum Gasteiger partial charge on any atom is 0.407 e.